The molecule has 2 unspecified atom stereocenters. The topological polar surface area (TPSA) is 73.1 Å². The minimum atomic E-state index is -0.490. The molecule has 0 aliphatic carbocycles. The number of rotatable bonds is 15. The SMILES string of the molecule is C=C/C=C\C(=C/C)N=C(OC)C(/C(C=C)=C/C=C\C)c1cc(C(C)(C)c2ccc(OC)c(C(C(=N)OC)c3ccccc3)c2)ccc1OC. The van der Waals surface area contributed by atoms with E-state index in [0.717, 1.165) is 39.1 Å². The number of hydrogen-bond donors (Lipinski definition) is 1. The summed E-state index contributed by atoms with van der Waals surface area (Å²) < 4.78 is 23.4. The van der Waals surface area contributed by atoms with Gasteiger partial charge in [0.2, 0.25) is 5.90 Å². The second-order valence-electron chi connectivity index (χ2n) is 11.7. The van der Waals surface area contributed by atoms with Crippen LogP contribution in [0.4, 0.5) is 0 Å². The second-order valence-corrected chi connectivity index (χ2v) is 11.7. The van der Waals surface area contributed by atoms with Crippen LogP contribution in [0.15, 0.2) is 145 Å². The fourth-order valence-corrected chi connectivity index (χ4v) is 5.76. The third kappa shape index (κ3) is 8.96. The highest BCUT2D eigenvalue weighted by molar-refractivity contribution is 5.90. The lowest BCUT2D eigenvalue weighted by Crippen LogP contribution is -2.23. The molecule has 0 radical (unpaired) electrons. The third-order valence-corrected chi connectivity index (χ3v) is 8.58. The zero-order chi connectivity index (χ0) is 36.0. The van der Waals surface area contributed by atoms with E-state index in [4.69, 9.17) is 29.3 Å². The lowest BCUT2D eigenvalue weighted by molar-refractivity contribution is 0.377. The van der Waals surface area contributed by atoms with Gasteiger partial charge in [-0.05, 0) is 54.3 Å². The lowest BCUT2D eigenvalue weighted by atomic mass is 9.75. The Bertz CT molecular complexity index is 1760. The monoisotopic (exact) mass is 658 g/mol. The minimum Gasteiger partial charge on any atom is -0.496 e. The van der Waals surface area contributed by atoms with Gasteiger partial charge >= 0.3 is 0 Å². The van der Waals surface area contributed by atoms with Crippen molar-refractivity contribution in [3.8, 4) is 11.5 Å². The molecule has 3 aromatic rings. The first-order valence-electron chi connectivity index (χ1n) is 16.2. The molecular weight excluding hydrogens is 608 g/mol. The van der Waals surface area contributed by atoms with Crippen LogP contribution in [0.5, 0.6) is 11.5 Å². The maximum atomic E-state index is 8.77. The van der Waals surface area contributed by atoms with E-state index in [1.165, 1.54) is 7.11 Å². The molecule has 0 aliphatic heterocycles. The highest BCUT2D eigenvalue weighted by atomic mass is 16.5. The minimum absolute atomic E-state index is 0.133. The van der Waals surface area contributed by atoms with Gasteiger partial charge in [0.25, 0.3) is 0 Å². The molecule has 0 aliphatic rings. The van der Waals surface area contributed by atoms with Crippen LogP contribution in [-0.4, -0.2) is 40.2 Å². The number of methoxy groups -OCH3 is 4. The van der Waals surface area contributed by atoms with Gasteiger partial charge in [0, 0.05) is 16.5 Å². The van der Waals surface area contributed by atoms with Crippen LogP contribution in [0.25, 0.3) is 0 Å². The van der Waals surface area contributed by atoms with Crippen LogP contribution < -0.4 is 9.47 Å². The van der Waals surface area contributed by atoms with E-state index in [1.807, 2.05) is 98.8 Å². The normalized spacial score (nSPS) is 14.0. The summed E-state index contributed by atoms with van der Waals surface area (Å²) in [7, 11) is 6.48. The molecule has 3 rings (SSSR count). The predicted molar refractivity (Wildman–Crippen MR) is 205 cm³/mol. The standard InChI is InChI=1S/C43H50N2O4/c1-11-15-20-30(13-3)40(42(49-10)45-34(14-4)23-16-12-2)36-29-33(25-27-38(36)47-8)43(5,6)32-24-26-37(46-7)35(28-32)39(41(44)48-9)31-21-18-17-19-22-31/h11-29,39-40,44H,2-3H2,1,4-10H3/b15-11-,23-16-,30-20+,34-14+,44-41?,45-42?. The maximum Gasteiger partial charge on any atom is 0.200 e. The Balaban J connectivity index is 2.32. The predicted octanol–water partition coefficient (Wildman–Crippen LogP) is 10.2. The van der Waals surface area contributed by atoms with Gasteiger partial charge in [-0.1, -0.05) is 124 Å². The maximum absolute atomic E-state index is 8.77. The summed E-state index contributed by atoms with van der Waals surface area (Å²) in [5.41, 5.74) is 5.89. The van der Waals surface area contributed by atoms with Crippen molar-refractivity contribution in [1.82, 2.24) is 0 Å². The Labute approximate surface area is 293 Å². The van der Waals surface area contributed by atoms with Crippen LogP contribution in [0, 0.1) is 5.41 Å². The Morgan fingerprint density at radius 3 is 1.94 bits per heavy atom. The quantitative estimate of drug-likeness (QED) is 0.100. The average molecular weight is 659 g/mol. The summed E-state index contributed by atoms with van der Waals surface area (Å²) in [5.74, 6) is 1.11. The highest BCUT2D eigenvalue weighted by Gasteiger charge is 2.32. The van der Waals surface area contributed by atoms with E-state index < -0.39 is 17.3 Å². The molecule has 0 aromatic heterocycles. The van der Waals surface area contributed by atoms with Gasteiger partial charge in [0.15, 0.2) is 5.90 Å². The van der Waals surface area contributed by atoms with Crippen LogP contribution >= 0.6 is 0 Å². The molecule has 0 bridgehead atoms. The summed E-state index contributed by atoms with van der Waals surface area (Å²) in [5, 5.41) is 8.77. The molecule has 1 N–H and O–H groups in total. The molecule has 0 saturated carbocycles. The molecule has 49 heavy (non-hydrogen) atoms. The highest BCUT2D eigenvalue weighted by Crippen LogP contribution is 2.42. The number of hydrogen-bond acceptors (Lipinski definition) is 6. The Kier molecular flexibility index (Phi) is 14.2. The zero-order valence-electron chi connectivity index (χ0n) is 30.1. The van der Waals surface area contributed by atoms with E-state index in [-0.39, 0.29) is 5.90 Å². The summed E-state index contributed by atoms with van der Waals surface area (Å²) in [6, 6.07) is 22.3. The first kappa shape index (κ1) is 38.1. The van der Waals surface area contributed by atoms with E-state index in [2.05, 4.69) is 51.3 Å². The van der Waals surface area contributed by atoms with E-state index in [1.54, 1.807) is 27.4 Å². The number of nitrogens with zero attached hydrogens (tertiary/aromatic N) is 1. The lowest BCUT2D eigenvalue weighted by Gasteiger charge is -2.30. The summed E-state index contributed by atoms with van der Waals surface area (Å²) >= 11 is 0. The molecule has 0 fully saturated rings. The summed E-state index contributed by atoms with van der Waals surface area (Å²) in [6.45, 7) is 16.2. The molecule has 0 amide bonds. The molecule has 3 aromatic carbocycles. The van der Waals surface area contributed by atoms with E-state index >= 15 is 0 Å². The Morgan fingerprint density at radius 1 is 0.816 bits per heavy atom. The van der Waals surface area contributed by atoms with Crippen molar-refractivity contribution in [2.24, 2.45) is 4.99 Å². The molecule has 256 valence electrons. The molecule has 6 heteroatoms. The fraction of sp³-hybridized carbons (Fsp3) is 0.256. The van der Waals surface area contributed by atoms with Crippen molar-refractivity contribution in [1.29, 1.82) is 5.41 Å². The van der Waals surface area contributed by atoms with Gasteiger partial charge in [-0.25, -0.2) is 4.99 Å². The largest absolute Gasteiger partial charge is 0.496 e. The Morgan fingerprint density at radius 2 is 1.43 bits per heavy atom. The van der Waals surface area contributed by atoms with Crippen molar-refractivity contribution in [3.05, 3.63) is 168 Å². The summed E-state index contributed by atoms with van der Waals surface area (Å²) in [4.78, 5) is 4.94. The first-order valence-corrected chi connectivity index (χ1v) is 16.2. The molecule has 0 spiro atoms. The van der Waals surface area contributed by atoms with Gasteiger partial charge in [-0.15, -0.1) is 0 Å². The molecule has 0 heterocycles. The van der Waals surface area contributed by atoms with Crippen LogP contribution in [0.2, 0.25) is 0 Å². The Hall–Kier alpha value is -5.36. The zero-order valence-corrected chi connectivity index (χ0v) is 30.1. The van der Waals surface area contributed by atoms with Gasteiger partial charge in [-0.3, -0.25) is 5.41 Å². The van der Waals surface area contributed by atoms with Crippen molar-refractivity contribution in [2.75, 3.05) is 28.4 Å². The molecular formula is C43H50N2O4. The number of aliphatic imine (C=N–C) groups is 1. The van der Waals surface area contributed by atoms with Crippen molar-refractivity contribution in [2.45, 2.75) is 44.9 Å². The van der Waals surface area contributed by atoms with Gasteiger partial charge in [-0.2, -0.15) is 0 Å². The van der Waals surface area contributed by atoms with Gasteiger partial charge < -0.3 is 18.9 Å². The van der Waals surface area contributed by atoms with Gasteiger partial charge in [0.05, 0.1) is 46.0 Å². The third-order valence-electron chi connectivity index (χ3n) is 8.58. The van der Waals surface area contributed by atoms with Crippen LogP contribution in [0.3, 0.4) is 0 Å². The number of allylic oxidation sites excluding steroid dienone is 8. The van der Waals surface area contributed by atoms with Crippen molar-refractivity contribution < 1.29 is 18.9 Å². The summed E-state index contributed by atoms with van der Waals surface area (Å²) in [6.07, 6.45) is 15.2. The number of nitrogens with one attached hydrogen (secondary N) is 1. The number of benzene rings is 3. The van der Waals surface area contributed by atoms with Crippen molar-refractivity contribution in [3.63, 3.8) is 0 Å². The number of ether oxygens (including phenoxy) is 4. The van der Waals surface area contributed by atoms with Crippen LogP contribution in [-0.2, 0) is 14.9 Å². The smallest absolute Gasteiger partial charge is 0.200 e. The van der Waals surface area contributed by atoms with E-state index in [0.29, 0.717) is 17.4 Å². The average Bonchev–Trinajstić information content (AvgIpc) is 3.14. The van der Waals surface area contributed by atoms with Crippen LogP contribution in [0.1, 0.15) is 67.3 Å². The van der Waals surface area contributed by atoms with E-state index in [9.17, 15) is 0 Å². The fourth-order valence-electron chi connectivity index (χ4n) is 5.76. The van der Waals surface area contributed by atoms with Gasteiger partial charge in [0.1, 0.15) is 11.5 Å². The second kappa shape index (κ2) is 18.3. The molecule has 0 saturated heterocycles. The molecule has 2 atom stereocenters. The molecule has 6 nitrogen and oxygen atoms in total. The first-order chi connectivity index (χ1) is 23.6. The van der Waals surface area contributed by atoms with Crippen molar-refractivity contribution >= 4 is 11.8 Å².